The van der Waals surface area contributed by atoms with Gasteiger partial charge in [-0.25, -0.2) is 4.98 Å². The highest BCUT2D eigenvalue weighted by atomic mass is 35.5. The van der Waals surface area contributed by atoms with Crippen LogP contribution in [-0.4, -0.2) is 51.3 Å². The molecule has 156 valence electrons. The number of fused-ring (bicyclic) bond motifs is 1. The summed E-state index contributed by atoms with van der Waals surface area (Å²) >= 11 is 0. The molecule has 1 fully saturated rings. The molecular formula is C21H27Cl2N5O. The van der Waals surface area contributed by atoms with Crippen LogP contribution >= 0.6 is 24.8 Å². The lowest BCUT2D eigenvalue weighted by Gasteiger charge is -2.35. The molecule has 1 saturated heterocycles. The molecule has 3 heterocycles. The summed E-state index contributed by atoms with van der Waals surface area (Å²) in [6.07, 6.45) is 4.08. The molecule has 4 rings (SSSR count). The van der Waals surface area contributed by atoms with Crippen LogP contribution in [0, 0.1) is 6.92 Å². The first-order chi connectivity index (χ1) is 13.1. The number of hydrogen-bond donors (Lipinski definition) is 1. The Bertz CT molecular complexity index is 903. The lowest BCUT2D eigenvalue weighted by molar-refractivity contribution is -0.134. The number of nitrogens with zero attached hydrogens (tertiary/aromatic N) is 4. The molecule has 1 unspecified atom stereocenters. The predicted octanol–water partition coefficient (Wildman–Crippen LogP) is 2.83. The zero-order valence-electron chi connectivity index (χ0n) is 16.4. The van der Waals surface area contributed by atoms with Crippen LogP contribution < -0.4 is 5.73 Å². The van der Waals surface area contributed by atoms with Gasteiger partial charge < -0.3 is 15.0 Å². The molecule has 3 aromatic rings. The van der Waals surface area contributed by atoms with Gasteiger partial charge in [-0.1, -0.05) is 35.9 Å². The number of piperazine rings is 1. The quantitative estimate of drug-likeness (QED) is 0.683. The van der Waals surface area contributed by atoms with E-state index in [1.54, 1.807) is 0 Å². The molecule has 1 aromatic carbocycles. The number of benzene rings is 1. The van der Waals surface area contributed by atoms with Crippen molar-refractivity contribution in [3.05, 3.63) is 71.7 Å². The number of aromatic nitrogens is 2. The number of aryl methyl sites for hydroxylation is 1. The molecule has 1 aliphatic heterocycles. The summed E-state index contributed by atoms with van der Waals surface area (Å²) in [7, 11) is 0. The monoisotopic (exact) mass is 435 g/mol. The van der Waals surface area contributed by atoms with E-state index in [0.29, 0.717) is 13.1 Å². The molecule has 0 radical (unpaired) electrons. The van der Waals surface area contributed by atoms with Crippen LogP contribution in [0.1, 0.15) is 22.9 Å². The summed E-state index contributed by atoms with van der Waals surface area (Å²) in [4.78, 5) is 21.6. The third-order valence-corrected chi connectivity index (χ3v) is 5.19. The van der Waals surface area contributed by atoms with Crippen molar-refractivity contribution in [2.24, 2.45) is 5.73 Å². The Kier molecular flexibility index (Phi) is 8.05. The van der Waals surface area contributed by atoms with Crippen molar-refractivity contribution < 1.29 is 4.79 Å². The fraction of sp³-hybridized carbons (Fsp3) is 0.333. The largest absolute Gasteiger partial charge is 0.338 e. The van der Waals surface area contributed by atoms with Gasteiger partial charge in [0, 0.05) is 45.1 Å². The summed E-state index contributed by atoms with van der Waals surface area (Å²) in [6, 6.07) is 13.3. The molecule has 8 heteroatoms. The molecular weight excluding hydrogens is 409 g/mol. The van der Waals surface area contributed by atoms with Gasteiger partial charge in [0.15, 0.2) is 0 Å². The van der Waals surface area contributed by atoms with Crippen LogP contribution in [0.4, 0.5) is 0 Å². The van der Waals surface area contributed by atoms with Gasteiger partial charge in [0.25, 0.3) is 0 Å². The van der Waals surface area contributed by atoms with Gasteiger partial charge in [0.1, 0.15) is 11.7 Å². The standard InChI is InChI=1S/C21H25N5O.2ClH/c1-16-5-7-17(8-6-16)20(22)21(27)25-12-10-24(11-13-25)14-18-15-26-9-3-2-4-19(26)23-18;;/h2-9,15,20H,10-14,22H2,1H3;2*1H. The lowest BCUT2D eigenvalue weighted by atomic mass is 10.0. The number of nitrogens with two attached hydrogens (primary N) is 1. The van der Waals surface area contributed by atoms with Gasteiger partial charge in [-0.15, -0.1) is 24.8 Å². The number of carbonyl (C=O) groups excluding carboxylic acids is 1. The second kappa shape index (κ2) is 10.1. The molecule has 0 saturated carbocycles. The number of pyridine rings is 1. The molecule has 1 amide bonds. The van der Waals surface area contributed by atoms with Crippen molar-refractivity contribution in [3.8, 4) is 0 Å². The van der Waals surface area contributed by atoms with E-state index in [9.17, 15) is 4.79 Å². The summed E-state index contributed by atoms with van der Waals surface area (Å²) in [5.74, 6) is 0.00577. The number of halogens is 2. The third kappa shape index (κ3) is 5.28. The maximum atomic E-state index is 12.7. The summed E-state index contributed by atoms with van der Waals surface area (Å²) in [5.41, 5.74) is 10.3. The average Bonchev–Trinajstić information content (AvgIpc) is 3.10. The van der Waals surface area contributed by atoms with Gasteiger partial charge >= 0.3 is 0 Å². The average molecular weight is 436 g/mol. The van der Waals surface area contributed by atoms with Gasteiger partial charge in [0.05, 0.1) is 5.69 Å². The number of carbonyl (C=O) groups is 1. The van der Waals surface area contributed by atoms with E-state index >= 15 is 0 Å². The Balaban J connectivity index is 0.00000150. The Morgan fingerprint density at radius 3 is 2.41 bits per heavy atom. The smallest absolute Gasteiger partial charge is 0.244 e. The maximum Gasteiger partial charge on any atom is 0.244 e. The molecule has 6 nitrogen and oxygen atoms in total. The van der Waals surface area contributed by atoms with E-state index in [1.165, 1.54) is 5.56 Å². The van der Waals surface area contributed by atoms with E-state index in [0.717, 1.165) is 36.5 Å². The van der Waals surface area contributed by atoms with Crippen LogP contribution in [0.25, 0.3) is 5.65 Å². The highest BCUT2D eigenvalue weighted by molar-refractivity contribution is 5.85. The van der Waals surface area contributed by atoms with Crippen molar-refractivity contribution in [2.45, 2.75) is 19.5 Å². The first-order valence-corrected chi connectivity index (χ1v) is 9.36. The third-order valence-electron chi connectivity index (χ3n) is 5.19. The van der Waals surface area contributed by atoms with Crippen LogP contribution in [0.2, 0.25) is 0 Å². The van der Waals surface area contributed by atoms with Crippen molar-refractivity contribution in [1.29, 1.82) is 0 Å². The van der Waals surface area contributed by atoms with Crippen LogP contribution in [0.3, 0.4) is 0 Å². The lowest BCUT2D eigenvalue weighted by Crippen LogP contribution is -2.50. The van der Waals surface area contributed by atoms with Crippen LogP contribution in [-0.2, 0) is 11.3 Å². The van der Waals surface area contributed by atoms with Crippen molar-refractivity contribution in [2.75, 3.05) is 26.2 Å². The molecule has 0 spiro atoms. The van der Waals surface area contributed by atoms with Crippen molar-refractivity contribution >= 4 is 36.4 Å². The van der Waals surface area contributed by atoms with E-state index in [1.807, 2.05) is 64.9 Å². The van der Waals surface area contributed by atoms with E-state index in [4.69, 9.17) is 5.73 Å². The molecule has 29 heavy (non-hydrogen) atoms. The highest BCUT2D eigenvalue weighted by Crippen LogP contribution is 2.16. The van der Waals surface area contributed by atoms with Crippen LogP contribution in [0.5, 0.6) is 0 Å². The predicted molar refractivity (Wildman–Crippen MR) is 120 cm³/mol. The second-order valence-electron chi connectivity index (χ2n) is 7.19. The molecule has 1 atom stereocenters. The normalized spacial score (nSPS) is 15.4. The molecule has 0 aliphatic carbocycles. The highest BCUT2D eigenvalue weighted by Gasteiger charge is 2.26. The summed E-state index contributed by atoms with van der Waals surface area (Å²) in [6.45, 7) is 5.89. The van der Waals surface area contributed by atoms with Gasteiger partial charge in [0.2, 0.25) is 5.91 Å². The van der Waals surface area contributed by atoms with E-state index in [-0.39, 0.29) is 30.7 Å². The summed E-state index contributed by atoms with van der Waals surface area (Å²) in [5, 5.41) is 0. The number of amides is 1. The number of imidazole rings is 1. The Morgan fingerprint density at radius 1 is 1.07 bits per heavy atom. The fourth-order valence-corrected chi connectivity index (χ4v) is 3.53. The SMILES string of the molecule is Cc1ccc(C(N)C(=O)N2CCN(Cc3cn4ccccc4n3)CC2)cc1.Cl.Cl. The first kappa shape index (κ1) is 23.2. The minimum Gasteiger partial charge on any atom is -0.338 e. The Labute approximate surface area is 183 Å². The van der Waals surface area contributed by atoms with Crippen LogP contribution in [0.15, 0.2) is 54.9 Å². The van der Waals surface area contributed by atoms with Gasteiger partial charge in [-0.3, -0.25) is 9.69 Å². The maximum absolute atomic E-state index is 12.7. The minimum absolute atomic E-state index is 0. The van der Waals surface area contributed by atoms with Crippen molar-refractivity contribution in [1.82, 2.24) is 19.2 Å². The van der Waals surface area contributed by atoms with E-state index in [2.05, 4.69) is 16.1 Å². The van der Waals surface area contributed by atoms with E-state index < -0.39 is 6.04 Å². The summed E-state index contributed by atoms with van der Waals surface area (Å²) < 4.78 is 2.04. The molecule has 1 aliphatic rings. The fourth-order valence-electron chi connectivity index (χ4n) is 3.53. The number of rotatable bonds is 4. The first-order valence-electron chi connectivity index (χ1n) is 9.36. The zero-order chi connectivity index (χ0) is 18.8. The molecule has 2 aromatic heterocycles. The van der Waals surface area contributed by atoms with Gasteiger partial charge in [-0.05, 0) is 24.6 Å². The molecule has 0 bridgehead atoms. The second-order valence-corrected chi connectivity index (χ2v) is 7.19. The van der Waals surface area contributed by atoms with Gasteiger partial charge in [-0.2, -0.15) is 0 Å². The zero-order valence-corrected chi connectivity index (χ0v) is 18.0. The Morgan fingerprint density at radius 2 is 1.76 bits per heavy atom. The number of hydrogen-bond acceptors (Lipinski definition) is 4. The van der Waals surface area contributed by atoms with Crippen molar-refractivity contribution in [3.63, 3.8) is 0 Å². The molecule has 2 N–H and O–H groups in total. The topological polar surface area (TPSA) is 66.9 Å². The Hall–Kier alpha value is -2.12. The minimum atomic E-state index is -0.587.